The predicted octanol–water partition coefficient (Wildman–Crippen LogP) is 2.90. The van der Waals surface area contributed by atoms with Crippen LogP contribution in [0.3, 0.4) is 0 Å². The maximum Gasteiger partial charge on any atom is 0.314 e. The molecular weight excluding hydrogens is 321 g/mol. The lowest BCUT2D eigenvalue weighted by molar-refractivity contribution is -0.160. The van der Waals surface area contributed by atoms with Gasteiger partial charge in [0.05, 0.1) is 21.9 Å². The van der Waals surface area contributed by atoms with E-state index in [-0.39, 0.29) is 5.97 Å². The molecule has 1 aliphatic heterocycles. The molecule has 110 valence electrons. The summed E-state index contributed by atoms with van der Waals surface area (Å²) in [5.74, 6) is -0.254. The molecule has 1 unspecified atom stereocenters. The minimum Gasteiger partial charge on any atom is -0.465 e. The van der Waals surface area contributed by atoms with Crippen molar-refractivity contribution in [2.45, 2.75) is 18.7 Å². The van der Waals surface area contributed by atoms with Crippen LogP contribution < -0.4 is 0 Å². The fourth-order valence-corrected chi connectivity index (χ4v) is 4.14. The van der Waals surface area contributed by atoms with Crippen molar-refractivity contribution in [2.24, 2.45) is 5.41 Å². The van der Waals surface area contributed by atoms with E-state index in [2.05, 4.69) is 0 Å². The molecule has 1 atom stereocenters. The summed E-state index contributed by atoms with van der Waals surface area (Å²) in [5.41, 5.74) is -0.593. The topological polar surface area (TPSA) is 46.6 Å². The lowest BCUT2D eigenvalue weighted by Crippen LogP contribution is -2.59. The molecule has 0 spiro atoms. The fraction of sp³-hybridized carbons (Fsp3) is 0.462. The van der Waals surface area contributed by atoms with E-state index in [1.165, 1.54) is 0 Å². The van der Waals surface area contributed by atoms with Crippen molar-refractivity contribution in [1.82, 2.24) is 4.31 Å². The zero-order valence-electron chi connectivity index (χ0n) is 11.2. The molecule has 0 saturated carbocycles. The van der Waals surface area contributed by atoms with Crippen molar-refractivity contribution in [3.8, 4) is 0 Å². The third kappa shape index (κ3) is 3.01. The highest BCUT2D eigenvalue weighted by molar-refractivity contribution is 7.82. The Bertz CT molecular complexity index is 559. The van der Waals surface area contributed by atoms with Crippen LogP contribution >= 0.6 is 23.2 Å². The van der Waals surface area contributed by atoms with Crippen molar-refractivity contribution in [1.29, 1.82) is 0 Å². The van der Waals surface area contributed by atoms with E-state index in [1.54, 1.807) is 29.4 Å². The number of rotatable bonds is 4. The van der Waals surface area contributed by atoms with Gasteiger partial charge in [-0.15, -0.1) is 0 Å². The maximum atomic E-state index is 12.4. The Morgan fingerprint density at radius 1 is 1.45 bits per heavy atom. The first-order valence-electron chi connectivity index (χ1n) is 6.16. The van der Waals surface area contributed by atoms with Crippen LogP contribution in [0.2, 0.25) is 10.0 Å². The molecule has 1 aromatic carbocycles. The highest BCUT2D eigenvalue weighted by Gasteiger charge is 2.48. The van der Waals surface area contributed by atoms with Crippen molar-refractivity contribution >= 4 is 40.2 Å². The van der Waals surface area contributed by atoms with E-state index in [1.807, 2.05) is 6.92 Å². The molecule has 1 heterocycles. The van der Waals surface area contributed by atoms with Crippen molar-refractivity contribution in [2.75, 3.05) is 19.7 Å². The average molecular weight is 336 g/mol. The zero-order chi connectivity index (χ0) is 14.9. The molecule has 2 rings (SSSR count). The molecule has 0 bridgehead atoms. The van der Waals surface area contributed by atoms with Gasteiger partial charge in [0.15, 0.2) is 0 Å². The van der Waals surface area contributed by atoms with E-state index in [4.69, 9.17) is 27.9 Å². The lowest BCUT2D eigenvalue weighted by Gasteiger charge is -2.44. The van der Waals surface area contributed by atoms with Gasteiger partial charge in [-0.2, -0.15) is 0 Å². The van der Waals surface area contributed by atoms with E-state index in [0.29, 0.717) is 34.6 Å². The molecule has 0 aliphatic carbocycles. The zero-order valence-corrected chi connectivity index (χ0v) is 13.5. The average Bonchev–Trinajstić information content (AvgIpc) is 2.34. The number of ether oxygens (including phenoxy) is 1. The number of nitrogens with zero attached hydrogens (tertiary/aromatic N) is 1. The van der Waals surface area contributed by atoms with E-state index >= 15 is 0 Å². The second-order valence-corrected chi connectivity index (χ2v) is 7.20. The second kappa shape index (κ2) is 6.02. The van der Waals surface area contributed by atoms with Gasteiger partial charge >= 0.3 is 5.97 Å². The number of carbonyl (C=O) groups excluding carboxylic acids is 1. The van der Waals surface area contributed by atoms with Crippen LogP contribution in [0.15, 0.2) is 23.1 Å². The first kappa shape index (κ1) is 15.8. The summed E-state index contributed by atoms with van der Waals surface area (Å²) in [4.78, 5) is 12.3. The van der Waals surface area contributed by atoms with Crippen molar-refractivity contribution < 1.29 is 13.7 Å². The number of carbonyl (C=O) groups is 1. The van der Waals surface area contributed by atoms with Crippen LogP contribution in [0, 0.1) is 5.41 Å². The second-order valence-electron chi connectivity index (χ2n) is 4.90. The van der Waals surface area contributed by atoms with Crippen LogP contribution in [-0.2, 0) is 20.5 Å². The highest BCUT2D eigenvalue weighted by Crippen LogP contribution is 2.35. The van der Waals surface area contributed by atoms with Crippen LogP contribution in [-0.4, -0.2) is 34.2 Å². The van der Waals surface area contributed by atoms with Gasteiger partial charge < -0.3 is 4.74 Å². The fourth-order valence-electron chi connectivity index (χ4n) is 2.04. The maximum absolute atomic E-state index is 12.4. The van der Waals surface area contributed by atoms with Crippen molar-refractivity contribution in [3.05, 3.63) is 28.2 Å². The first-order chi connectivity index (χ1) is 9.37. The number of hydrogen-bond acceptors (Lipinski definition) is 3. The molecule has 0 amide bonds. The van der Waals surface area contributed by atoms with E-state index in [9.17, 15) is 9.00 Å². The highest BCUT2D eigenvalue weighted by atomic mass is 35.5. The molecule has 1 saturated heterocycles. The standard InChI is InChI=1S/C13H15Cl2NO3S/c1-3-19-12(17)13(2)7-16(8-13)20(18)11-5-4-9(14)6-10(11)15/h4-6H,3,7-8H2,1-2H3. The summed E-state index contributed by atoms with van der Waals surface area (Å²) < 4.78 is 19.1. The molecule has 1 fully saturated rings. The Kier molecular flexibility index (Phi) is 4.74. The summed E-state index contributed by atoms with van der Waals surface area (Å²) >= 11 is 11.8. The molecular formula is C13H15Cl2NO3S. The van der Waals surface area contributed by atoms with Gasteiger partial charge in [-0.1, -0.05) is 23.2 Å². The third-order valence-corrected chi connectivity index (χ3v) is 5.25. The van der Waals surface area contributed by atoms with E-state index < -0.39 is 16.4 Å². The molecule has 0 aromatic heterocycles. The quantitative estimate of drug-likeness (QED) is 0.795. The van der Waals surface area contributed by atoms with Gasteiger partial charge in [0, 0.05) is 18.1 Å². The summed E-state index contributed by atoms with van der Waals surface area (Å²) in [6, 6.07) is 4.84. The summed E-state index contributed by atoms with van der Waals surface area (Å²) in [6.45, 7) is 4.70. The molecule has 20 heavy (non-hydrogen) atoms. The molecule has 1 aliphatic rings. The van der Waals surface area contributed by atoms with Gasteiger partial charge in [-0.05, 0) is 32.0 Å². The van der Waals surface area contributed by atoms with Gasteiger partial charge in [0.2, 0.25) is 0 Å². The Labute approximate surface area is 130 Å². The van der Waals surface area contributed by atoms with Gasteiger partial charge in [0.1, 0.15) is 11.0 Å². The summed E-state index contributed by atoms with van der Waals surface area (Å²) in [6.07, 6.45) is 0. The lowest BCUT2D eigenvalue weighted by atomic mass is 9.84. The van der Waals surface area contributed by atoms with Crippen molar-refractivity contribution in [3.63, 3.8) is 0 Å². The molecule has 4 nitrogen and oxygen atoms in total. The van der Waals surface area contributed by atoms with Gasteiger partial charge in [-0.3, -0.25) is 4.79 Å². The van der Waals surface area contributed by atoms with Gasteiger partial charge in [0.25, 0.3) is 0 Å². The van der Waals surface area contributed by atoms with E-state index in [0.717, 1.165) is 0 Å². The Morgan fingerprint density at radius 3 is 2.65 bits per heavy atom. The first-order valence-corrected chi connectivity index (χ1v) is 8.03. The Hall–Kier alpha value is -0.620. The minimum atomic E-state index is -1.39. The third-order valence-electron chi connectivity index (χ3n) is 3.14. The Morgan fingerprint density at radius 2 is 2.10 bits per heavy atom. The number of halogens is 2. The molecule has 7 heteroatoms. The summed E-state index contributed by atoms with van der Waals surface area (Å²) in [7, 11) is -1.39. The normalized spacial score (nSPS) is 19.2. The Balaban J connectivity index is 2.05. The monoisotopic (exact) mass is 335 g/mol. The smallest absolute Gasteiger partial charge is 0.314 e. The van der Waals surface area contributed by atoms with Gasteiger partial charge in [-0.25, -0.2) is 8.51 Å². The number of benzene rings is 1. The van der Waals surface area contributed by atoms with Crippen LogP contribution in [0.25, 0.3) is 0 Å². The number of hydrogen-bond donors (Lipinski definition) is 0. The van der Waals surface area contributed by atoms with Crippen LogP contribution in [0.1, 0.15) is 13.8 Å². The largest absolute Gasteiger partial charge is 0.465 e. The molecule has 1 aromatic rings. The summed E-state index contributed by atoms with van der Waals surface area (Å²) in [5, 5.41) is 0.858. The number of esters is 1. The van der Waals surface area contributed by atoms with Crippen LogP contribution in [0.5, 0.6) is 0 Å². The van der Waals surface area contributed by atoms with Crippen LogP contribution in [0.4, 0.5) is 0 Å². The minimum absolute atomic E-state index is 0.254. The molecule has 0 N–H and O–H groups in total. The predicted molar refractivity (Wildman–Crippen MR) is 79.2 cm³/mol. The SMILES string of the molecule is CCOC(=O)C1(C)CN(S(=O)c2ccc(Cl)cc2Cl)C1. The molecule has 0 radical (unpaired) electrons.